The molecule has 0 fully saturated rings. The van der Waals surface area contributed by atoms with Crippen LogP contribution in [0.1, 0.15) is 15.9 Å². The predicted octanol–water partition coefficient (Wildman–Crippen LogP) is 3.74. The van der Waals surface area contributed by atoms with Gasteiger partial charge in [0.1, 0.15) is 0 Å². The lowest BCUT2D eigenvalue weighted by Gasteiger charge is -2.14. The summed E-state index contributed by atoms with van der Waals surface area (Å²) in [5.41, 5.74) is 3.42. The molecule has 0 aliphatic rings. The molecule has 28 heavy (non-hydrogen) atoms. The molecule has 0 bridgehead atoms. The number of carbonyl (C=O) groups excluding carboxylic acids is 1. The second-order valence-electron chi connectivity index (χ2n) is 6.21. The van der Waals surface area contributed by atoms with Gasteiger partial charge in [0.05, 0.1) is 17.5 Å². The molecule has 0 spiro atoms. The topological polar surface area (TPSA) is 87.8 Å². The molecule has 0 saturated heterocycles. The lowest BCUT2D eigenvalue weighted by Crippen LogP contribution is -2.23. The fourth-order valence-electron chi connectivity index (χ4n) is 3.00. The largest absolute Gasteiger partial charge is 0.465 e. The van der Waals surface area contributed by atoms with Gasteiger partial charge in [0.2, 0.25) is 0 Å². The highest BCUT2D eigenvalue weighted by atomic mass is 16.4. The second-order valence-corrected chi connectivity index (χ2v) is 6.21. The first kappa shape index (κ1) is 17.4. The molecular weight excluding hydrogens is 356 g/mol. The monoisotopic (exact) mass is 372 g/mol. The van der Waals surface area contributed by atoms with E-state index in [0.717, 1.165) is 10.5 Å². The molecule has 7 heteroatoms. The van der Waals surface area contributed by atoms with Crippen molar-refractivity contribution >= 4 is 23.2 Å². The van der Waals surface area contributed by atoms with Gasteiger partial charge < -0.3 is 5.11 Å². The number of hydrogen-bond donors (Lipinski definition) is 1. The molecular formula is C21H16N4O3. The van der Waals surface area contributed by atoms with Crippen molar-refractivity contribution in [3.63, 3.8) is 0 Å². The number of carboxylic acid groups (broad SMARTS) is 1. The van der Waals surface area contributed by atoms with E-state index in [0.29, 0.717) is 28.2 Å². The van der Waals surface area contributed by atoms with Gasteiger partial charge in [0, 0.05) is 30.1 Å². The van der Waals surface area contributed by atoms with Gasteiger partial charge in [-0.3, -0.25) is 9.69 Å². The van der Waals surface area contributed by atoms with E-state index in [2.05, 4.69) is 10.1 Å². The van der Waals surface area contributed by atoms with Gasteiger partial charge in [-0.1, -0.05) is 42.5 Å². The number of carbonyl (C=O) groups is 2. The van der Waals surface area contributed by atoms with Gasteiger partial charge >= 0.3 is 6.09 Å². The SMILES string of the molecule is CN(C(=O)O)c1cccc(-c2ccnc3c(C(=O)c4ccccc4)cnn23)c1. The van der Waals surface area contributed by atoms with Crippen LogP contribution in [0.4, 0.5) is 10.5 Å². The Hall–Kier alpha value is -4.00. The van der Waals surface area contributed by atoms with Crippen molar-refractivity contribution in [1.29, 1.82) is 0 Å². The van der Waals surface area contributed by atoms with Crippen molar-refractivity contribution in [2.45, 2.75) is 0 Å². The van der Waals surface area contributed by atoms with E-state index < -0.39 is 6.09 Å². The van der Waals surface area contributed by atoms with E-state index in [1.807, 2.05) is 24.3 Å². The van der Waals surface area contributed by atoms with Crippen molar-refractivity contribution < 1.29 is 14.7 Å². The zero-order chi connectivity index (χ0) is 19.7. The summed E-state index contributed by atoms with van der Waals surface area (Å²) in [6.07, 6.45) is 2.07. The fraction of sp³-hybridized carbons (Fsp3) is 0.0476. The minimum atomic E-state index is -1.05. The van der Waals surface area contributed by atoms with E-state index in [1.54, 1.807) is 47.1 Å². The molecule has 1 N–H and O–H groups in total. The van der Waals surface area contributed by atoms with Gasteiger partial charge in [-0.25, -0.2) is 14.3 Å². The number of aromatic nitrogens is 3. The highest BCUT2D eigenvalue weighted by molar-refractivity contribution is 6.12. The number of nitrogens with zero attached hydrogens (tertiary/aromatic N) is 4. The van der Waals surface area contributed by atoms with Crippen LogP contribution in [0.15, 0.2) is 73.1 Å². The van der Waals surface area contributed by atoms with Crippen LogP contribution in [0.25, 0.3) is 16.9 Å². The molecule has 2 heterocycles. The van der Waals surface area contributed by atoms with E-state index >= 15 is 0 Å². The quantitative estimate of drug-likeness (QED) is 0.551. The molecule has 0 radical (unpaired) electrons. The second kappa shape index (κ2) is 6.96. The van der Waals surface area contributed by atoms with Crippen LogP contribution in [0.2, 0.25) is 0 Å². The van der Waals surface area contributed by atoms with Crippen LogP contribution in [0, 0.1) is 0 Å². The Morgan fingerprint density at radius 3 is 2.57 bits per heavy atom. The van der Waals surface area contributed by atoms with Gasteiger partial charge in [0.25, 0.3) is 0 Å². The lowest BCUT2D eigenvalue weighted by atomic mass is 10.1. The van der Waals surface area contributed by atoms with Crippen LogP contribution in [0.5, 0.6) is 0 Å². The van der Waals surface area contributed by atoms with E-state index in [1.165, 1.54) is 13.2 Å². The number of rotatable bonds is 4. The smallest absolute Gasteiger partial charge is 0.411 e. The predicted molar refractivity (Wildman–Crippen MR) is 105 cm³/mol. The molecule has 2 aromatic carbocycles. The first-order valence-electron chi connectivity index (χ1n) is 8.56. The summed E-state index contributed by atoms with van der Waals surface area (Å²) in [7, 11) is 1.48. The number of anilines is 1. The van der Waals surface area contributed by atoms with Crippen LogP contribution in [0.3, 0.4) is 0 Å². The average molecular weight is 372 g/mol. The van der Waals surface area contributed by atoms with Crippen LogP contribution >= 0.6 is 0 Å². The zero-order valence-electron chi connectivity index (χ0n) is 15.0. The maximum atomic E-state index is 12.8. The zero-order valence-corrected chi connectivity index (χ0v) is 15.0. The Balaban J connectivity index is 1.81. The van der Waals surface area contributed by atoms with Crippen LogP contribution in [-0.4, -0.2) is 38.6 Å². The molecule has 4 aromatic rings. The molecule has 0 aliphatic carbocycles. The number of ketones is 1. The van der Waals surface area contributed by atoms with Gasteiger partial charge in [-0.2, -0.15) is 5.10 Å². The van der Waals surface area contributed by atoms with Crippen molar-refractivity contribution in [3.8, 4) is 11.3 Å². The Labute approximate surface area is 160 Å². The summed E-state index contributed by atoms with van der Waals surface area (Å²) in [6.45, 7) is 0. The minimum absolute atomic E-state index is 0.153. The summed E-state index contributed by atoms with van der Waals surface area (Å²) in [5, 5.41) is 13.6. The lowest BCUT2D eigenvalue weighted by molar-refractivity contribution is 0.104. The van der Waals surface area contributed by atoms with Crippen LogP contribution in [-0.2, 0) is 0 Å². The Bertz CT molecular complexity index is 1180. The third kappa shape index (κ3) is 2.99. The Morgan fingerprint density at radius 1 is 1.04 bits per heavy atom. The molecule has 138 valence electrons. The molecule has 4 rings (SSSR count). The number of hydrogen-bond acceptors (Lipinski definition) is 4. The third-order valence-electron chi connectivity index (χ3n) is 4.50. The molecule has 0 aliphatic heterocycles. The summed E-state index contributed by atoms with van der Waals surface area (Å²) in [6, 6.07) is 17.8. The standard InChI is InChI=1S/C21H16N4O3/c1-24(21(27)28)16-9-5-8-15(12-16)18-10-11-22-20-17(13-23-25(18)20)19(26)14-6-3-2-4-7-14/h2-13H,1H3,(H,27,28). The Morgan fingerprint density at radius 2 is 1.82 bits per heavy atom. The molecule has 2 aromatic heterocycles. The summed E-state index contributed by atoms with van der Waals surface area (Å²) in [4.78, 5) is 29.5. The van der Waals surface area contributed by atoms with Crippen molar-refractivity contribution in [3.05, 3.63) is 84.2 Å². The molecule has 0 atom stereocenters. The van der Waals surface area contributed by atoms with Crippen LogP contribution < -0.4 is 4.90 Å². The van der Waals surface area contributed by atoms with Gasteiger partial charge in [0.15, 0.2) is 11.4 Å². The van der Waals surface area contributed by atoms with Crippen molar-refractivity contribution in [2.75, 3.05) is 11.9 Å². The number of fused-ring (bicyclic) bond motifs is 1. The average Bonchev–Trinajstić information content (AvgIpc) is 3.17. The third-order valence-corrected chi connectivity index (χ3v) is 4.50. The Kier molecular flexibility index (Phi) is 4.33. The molecule has 1 amide bonds. The van der Waals surface area contributed by atoms with Gasteiger partial charge in [-0.05, 0) is 18.2 Å². The van der Waals surface area contributed by atoms with E-state index in [4.69, 9.17) is 0 Å². The minimum Gasteiger partial charge on any atom is -0.465 e. The molecule has 7 nitrogen and oxygen atoms in total. The fourth-order valence-corrected chi connectivity index (χ4v) is 3.00. The van der Waals surface area contributed by atoms with E-state index in [9.17, 15) is 14.7 Å². The summed E-state index contributed by atoms with van der Waals surface area (Å²) >= 11 is 0. The molecule has 0 saturated carbocycles. The van der Waals surface area contributed by atoms with Crippen molar-refractivity contribution in [1.82, 2.24) is 14.6 Å². The highest BCUT2D eigenvalue weighted by Crippen LogP contribution is 2.26. The highest BCUT2D eigenvalue weighted by Gasteiger charge is 2.18. The maximum absolute atomic E-state index is 12.8. The van der Waals surface area contributed by atoms with Crippen molar-refractivity contribution in [2.24, 2.45) is 0 Å². The summed E-state index contributed by atoms with van der Waals surface area (Å²) in [5.74, 6) is -0.153. The normalized spacial score (nSPS) is 10.8. The first-order valence-corrected chi connectivity index (χ1v) is 8.56. The first-order chi connectivity index (χ1) is 13.6. The number of amides is 1. The van der Waals surface area contributed by atoms with Gasteiger partial charge in [-0.15, -0.1) is 0 Å². The molecule has 0 unspecified atom stereocenters. The summed E-state index contributed by atoms with van der Waals surface area (Å²) < 4.78 is 1.59. The van der Waals surface area contributed by atoms with E-state index in [-0.39, 0.29) is 5.78 Å². The number of benzene rings is 2. The maximum Gasteiger partial charge on any atom is 0.411 e.